The molecule has 2 N–H and O–H groups in total. The number of amides is 4. The van der Waals surface area contributed by atoms with Crippen LogP contribution in [0.15, 0.2) is 35.7 Å². The van der Waals surface area contributed by atoms with Gasteiger partial charge in [-0.15, -0.1) is 11.3 Å². The van der Waals surface area contributed by atoms with E-state index < -0.39 is 29.9 Å². The van der Waals surface area contributed by atoms with Gasteiger partial charge in [-0.05, 0) is 30.5 Å². The number of thiophene rings is 1. The molecule has 2 heterocycles. The normalized spacial score (nSPS) is 19.0. The molecule has 8 nitrogen and oxygen atoms in total. The second-order valence-electron chi connectivity index (χ2n) is 6.04. The minimum Gasteiger partial charge on any atom is -0.497 e. The highest BCUT2D eigenvalue weighted by molar-refractivity contribution is 7.10. The predicted molar refractivity (Wildman–Crippen MR) is 100 cm³/mol. The summed E-state index contributed by atoms with van der Waals surface area (Å²) in [7, 11) is 2.98. The number of hydrogen-bond acceptors (Lipinski definition) is 6. The molecule has 3 rings (SSSR count). The molecule has 0 aliphatic carbocycles. The first-order chi connectivity index (χ1) is 12.9. The Kier molecular flexibility index (Phi) is 5.04. The number of anilines is 1. The van der Waals surface area contributed by atoms with Crippen molar-refractivity contribution in [3.8, 4) is 11.5 Å². The van der Waals surface area contributed by atoms with Crippen LogP contribution in [0.2, 0.25) is 0 Å². The zero-order valence-corrected chi connectivity index (χ0v) is 15.9. The van der Waals surface area contributed by atoms with E-state index in [1.807, 2.05) is 5.38 Å². The molecule has 0 spiro atoms. The third-order valence-corrected chi connectivity index (χ3v) is 5.36. The number of rotatable bonds is 6. The Hall–Kier alpha value is -3.07. The van der Waals surface area contributed by atoms with Gasteiger partial charge in [0.25, 0.3) is 5.91 Å². The largest absolute Gasteiger partial charge is 0.497 e. The van der Waals surface area contributed by atoms with E-state index in [-0.39, 0.29) is 0 Å². The van der Waals surface area contributed by atoms with Crippen molar-refractivity contribution in [3.63, 3.8) is 0 Å². The zero-order valence-electron chi connectivity index (χ0n) is 15.1. The molecule has 1 fully saturated rings. The van der Waals surface area contributed by atoms with Gasteiger partial charge < -0.3 is 20.1 Å². The second-order valence-corrected chi connectivity index (χ2v) is 6.99. The van der Waals surface area contributed by atoms with Crippen molar-refractivity contribution < 1.29 is 23.9 Å². The fourth-order valence-electron chi connectivity index (χ4n) is 2.82. The van der Waals surface area contributed by atoms with Crippen LogP contribution in [0.4, 0.5) is 10.5 Å². The maximum atomic E-state index is 12.8. The Morgan fingerprint density at radius 2 is 2.04 bits per heavy atom. The van der Waals surface area contributed by atoms with Gasteiger partial charge in [0.2, 0.25) is 5.91 Å². The van der Waals surface area contributed by atoms with E-state index in [0.29, 0.717) is 22.1 Å². The number of nitrogens with one attached hydrogen (secondary N) is 2. The van der Waals surface area contributed by atoms with E-state index in [2.05, 4.69) is 10.6 Å². The van der Waals surface area contributed by atoms with Crippen LogP contribution in [0, 0.1) is 0 Å². The zero-order chi connectivity index (χ0) is 19.6. The van der Waals surface area contributed by atoms with Crippen molar-refractivity contribution in [2.45, 2.75) is 12.5 Å². The Labute approximate surface area is 160 Å². The summed E-state index contributed by atoms with van der Waals surface area (Å²) in [6.45, 7) is 1.22. The van der Waals surface area contributed by atoms with Crippen LogP contribution in [0.1, 0.15) is 11.8 Å². The first-order valence-corrected chi connectivity index (χ1v) is 8.97. The number of urea groups is 1. The molecule has 1 aliphatic heterocycles. The van der Waals surface area contributed by atoms with Crippen LogP contribution in [0.5, 0.6) is 11.5 Å². The minimum atomic E-state index is -1.17. The molecule has 1 aromatic carbocycles. The molecule has 0 radical (unpaired) electrons. The van der Waals surface area contributed by atoms with Crippen molar-refractivity contribution in [2.24, 2.45) is 0 Å². The number of nitrogens with zero attached hydrogens (tertiary/aromatic N) is 1. The summed E-state index contributed by atoms with van der Waals surface area (Å²) in [5, 5.41) is 7.14. The molecule has 142 valence electrons. The van der Waals surface area contributed by atoms with Crippen molar-refractivity contribution in [3.05, 3.63) is 40.6 Å². The van der Waals surface area contributed by atoms with Gasteiger partial charge in [0, 0.05) is 10.9 Å². The lowest BCUT2D eigenvalue weighted by molar-refractivity contribution is -0.133. The highest BCUT2D eigenvalue weighted by Gasteiger charge is 2.50. The maximum absolute atomic E-state index is 12.8. The fourth-order valence-corrected chi connectivity index (χ4v) is 3.65. The summed E-state index contributed by atoms with van der Waals surface area (Å²) < 4.78 is 10.3. The highest BCUT2D eigenvalue weighted by atomic mass is 32.1. The Morgan fingerprint density at radius 3 is 2.67 bits per heavy atom. The lowest BCUT2D eigenvalue weighted by Gasteiger charge is -2.20. The van der Waals surface area contributed by atoms with Gasteiger partial charge in [0.1, 0.15) is 18.0 Å². The molecule has 1 aromatic heterocycles. The van der Waals surface area contributed by atoms with E-state index in [4.69, 9.17) is 9.47 Å². The number of methoxy groups -OCH3 is 2. The molecular weight excluding hydrogens is 370 g/mol. The first-order valence-electron chi connectivity index (χ1n) is 8.09. The van der Waals surface area contributed by atoms with Gasteiger partial charge in [0.15, 0.2) is 5.54 Å². The van der Waals surface area contributed by atoms with E-state index in [9.17, 15) is 14.4 Å². The number of benzene rings is 1. The van der Waals surface area contributed by atoms with Gasteiger partial charge >= 0.3 is 6.03 Å². The second kappa shape index (κ2) is 7.28. The quantitative estimate of drug-likeness (QED) is 0.738. The number of carbonyl (C=O) groups is 3. The standard InChI is InChI=1S/C18H19N3O5S/c1-18(14-5-4-8-27-14)16(23)21(17(24)20-18)10-15(22)19-12-9-11(25-2)6-7-13(12)26-3/h4-9H,10H2,1-3H3,(H,19,22)(H,20,24). The monoisotopic (exact) mass is 389 g/mol. The van der Waals surface area contributed by atoms with E-state index in [1.165, 1.54) is 25.6 Å². The van der Waals surface area contributed by atoms with Crippen LogP contribution < -0.4 is 20.1 Å². The van der Waals surface area contributed by atoms with Crippen molar-refractivity contribution in [2.75, 3.05) is 26.1 Å². The molecule has 2 aromatic rings. The van der Waals surface area contributed by atoms with Crippen molar-refractivity contribution in [1.82, 2.24) is 10.2 Å². The van der Waals surface area contributed by atoms with Crippen LogP contribution in [0.3, 0.4) is 0 Å². The lowest BCUT2D eigenvalue weighted by atomic mass is 10.0. The van der Waals surface area contributed by atoms with Gasteiger partial charge in [-0.2, -0.15) is 0 Å². The molecule has 1 saturated heterocycles. The third kappa shape index (κ3) is 3.45. The lowest BCUT2D eigenvalue weighted by Crippen LogP contribution is -2.41. The smallest absolute Gasteiger partial charge is 0.325 e. The van der Waals surface area contributed by atoms with Crippen molar-refractivity contribution >= 4 is 34.9 Å². The summed E-state index contributed by atoms with van der Waals surface area (Å²) in [6.07, 6.45) is 0. The average Bonchev–Trinajstić information content (AvgIpc) is 3.26. The van der Waals surface area contributed by atoms with Gasteiger partial charge in [-0.1, -0.05) is 6.07 Å². The Bertz CT molecular complexity index is 883. The minimum absolute atomic E-state index is 0.384. The van der Waals surface area contributed by atoms with Gasteiger partial charge in [0.05, 0.1) is 19.9 Å². The first kappa shape index (κ1) is 18.7. The Morgan fingerprint density at radius 1 is 1.26 bits per heavy atom. The van der Waals surface area contributed by atoms with E-state index in [0.717, 1.165) is 4.90 Å². The molecule has 0 bridgehead atoms. The topological polar surface area (TPSA) is 97.0 Å². The van der Waals surface area contributed by atoms with Crippen LogP contribution in [-0.2, 0) is 15.1 Å². The predicted octanol–water partition coefficient (Wildman–Crippen LogP) is 2.17. The van der Waals surface area contributed by atoms with Gasteiger partial charge in [-0.3, -0.25) is 14.5 Å². The summed E-state index contributed by atoms with van der Waals surface area (Å²) in [4.78, 5) is 39.1. The van der Waals surface area contributed by atoms with Crippen LogP contribution >= 0.6 is 11.3 Å². The molecule has 27 heavy (non-hydrogen) atoms. The van der Waals surface area contributed by atoms with Crippen LogP contribution in [-0.4, -0.2) is 43.5 Å². The molecule has 1 atom stereocenters. The number of hydrogen-bond donors (Lipinski definition) is 2. The van der Waals surface area contributed by atoms with Crippen molar-refractivity contribution in [1.29, 1.82) is 0 Å². The summed E-state index contributed by atoms with van der Waals surface area (Å²) in [5.41, 5.74) is -0.783. The molecule has 4 amide bonds. The van der Waals surface area contributed by atoms with E-state index >= 15 is 0 Å². The SMILES string of the molecule is COc1ccc(OC)c(NC(=O)CN2C(=O)NC(C)(c3cccs3)C2=O)c1. The van der Waals surface area contributed by atoms with E-state index in [1.54, 1.807) is 37.3 Å². The molecule has 1 unspecified atom stereocenters. The summed E-state index contributed by atoms with van der Waals surface area (Å²) in [5.74, 6) is -0.0284. The number of imide groups is 1. The average molecular weight is 389 g/mol. The Balaban J connectivity index is 1.75. The fraction of sp³-hybridized carbons (Fsp3) is 0.278. The number of ether oxygens (including phenoxy) is 2. The third-order valence-electron chi connectivity index (χ3n) is 4.27. The number of carbonyl (C=O) groups excluding carboxylic acids is 3. The molecular formula is C18H19N3O5S. The molecule has 9 heteroatoms. The molecule has 1 aliphatic rings. The summed E-state index contributed by atoms with van der Waals surface area (Å²) in [6, 6.07) is 7.90. The highest BCUT2D eigenvalue weighted by Crippen LogP contribution is 2.32. The van der Waals surface area contributed by atoms with Gasteiger partial charge in [-0.25, -0.2) is 4.79 Å². The molecule has 0 saturated carbocycles. The van der Waals surface area contributed by atoms with Crippen LogP contribution in [0.25, 0.3) is 0 Å². The maximum Gasteiger partial charge on any atom is 0.325 e. The summed E-state index contributed by atoms with van der Waals surface area (Å²) >= 11 is 1.36.